The molecule has 1 aliphatic heterocycles. The molecule has 65 heavy (non-hydrogen) atoms. The number of amidine groups is 2. The molecule has 0 aliphatic carbocycles. The number of para-hydroxylation sites is 3. The van der Waals surface area contributed by atoms with Crippen LogP contribution in [0.2, 0.25) is 0 Å². The largest absolute Gasteiger partial charge is 0.456 e. The first-order chi connectivity index (χ1) is 32.2. The van der Waals surface area contributed by atoms with Crippen LogP contribution in [0.1, 0.15) is 22.9 Å². The maximum absolute atomic E-state index is 6.86. The summed E-state index contributed by atoms with van der Waals surface area (Å²) in [6.45, 7) is 0. The average Bonchev–Trinajstić information content (AvgIpc) is 4.03. The number of hydrogen-bond acceptors (Lipinski definition) is 4. The quantitative estimate of drug-likeness (QED) is 0.188. The van der Waals surface area contributed by atoms with Gasteiger partial charge in [0, 0.05) is 55.2 Å². The van der Waals surface area contributed by atoms with Gasteiger partial charge in [-0.25, -0.2) is 9.98 Å². The van der Waals surface area contributed by atoms with E-state index in [1.165, 1.54) is 48.7 Å². The smallest absolute Gasteiger partial charge is 0.159 e. The Hall–Kier alpha value is -8.74. The van der Waals surface area contributed by atoms with Gasteiger partial charge >= 0.3 is 0 Å². The van der Waals surface area contributed by atoms with Crippen molar-refractivity contribution in [3.63, 3.8) is 0 Å². The molecule has 10 aromatic carbocycles. The zero-order valence-corrected chi connectivity index (χ0v) is 35.0. The topological polar surface area (TPSA) is 59.8 Å². The lowest BCUT2D eigenvalue weighted by molar-refractivity contribution is 0.666. The van der Waals surface area contributed by atoms with Crippen molar-refractivity contribution in [2.24, 2.45) is 9.98 Å². The summed E-state index contributed by atoms with van der Waals surface area (Å²) in [5.74, 6) is 1.43. The number of nitrogens with one attached hydrogen (secondary N) is 1. The Morgan fingerprint density at radius 3 is 1.68 bits per heavy atom. The Kier molecular flexibility index (Phi) is 7.65. The highest BCUT2D eigenvalue weighted by atomic mass is 16.3. The van der Waals surface area contributed by atoms with Gasteiger partial charge in [-0.05, 0) is 87.8 Å². The van der Waals surface area contributed by atoms with E-state index in [1.54, 1.807) is 0 Å². The van der Waals surface area contributed by atoms with Crippen molar-refractivity contribution >= 4 is 98.8 Å². The highest BCUT2D eigenvalue weighted by Gasteiger charge is 2.24. The van der Waals surface area contributed by atoms with Crippen LogP contribution in [-0.2, 0) is 0 Å². The lowest BCUT2D eigenvalue weighted by Crippen LogP contribution is -2.33. The predicted octanol–water partition coefficient (Wildman–Crippen LogP) is 14.6. The predicted molar refractivity (Wildman–Crippen MR) is 269 cm³/mol. The van der Waals surface area contributed by atoms with Gasteiger partial charge in [0.1, 0.15) is 23.2 Å². The molecule has 0 saturated heterocycles. The van der Waals surface area contributed by atoms with E-state index in [0.717, 1.165) is 72.3 Å². The SMILES string of the molecule is c1ccc(-n2c3ccccc3c3ccc4c5ccccc5n(-c5ccc6c(c5)oc5cc(C7=NC(c8ccc9ccccc9c8)=NC(c8ccc9ccccc9c8)N7)ccc56)c4c32)cc1. The number of benzene rings is 10. The summed E-state index contributed by atoms with van der Waals surface area (Å²) in [7, 11) is 0. The Morgan fingerprint density at radius 2 is 0.954 bits per heavy atom. The first-order valence-electron chi connectivity index (χ1n) is 22.1. The molecular formula is C59H37N5O. The zero-order valence-electron chi connectivity index (χ0n) is 35.0. The van der Waals surface area contributed by atoms with E-state index in [-0.39, 0.29) is 6.17 Å². The van der Waals surface area contributed by atoms with Crippen molar-refractivity contribution in [1.29, 1.82) is 0 Å². The molecule has 13 aromatic rings. The van der Waals surface area contributed by atoms with Gasteiger partial charge in [0.25, 0.3) is 0 Å². The van der Waals surface area contributed by atoms with Crippen molar-refractivity contribution < 1.29 is 4.42 Å². The average molecular weight is 832 g/mol. The number of fused-ring (bicyclic) bond motifs is 12. The zero-order chi connectivity index (χ0) is 42.6. The number of furan rings is 1. The van der Waals surface area contributed by atoms with Crippen LogP contribution in [-0.4, -0.2) is 20.8 Å². The van der Waals surface area contributed by atoms with E-state index < -0.39 is 0 Å². The summed E-state index contributed by atoms with van der Waals surface area (Å²) in [6, 6.07) is 75.7. The summed E-state index contributed by atoms with van der Waals surface area (Å²) < 4.78 is 11.7. The van der Waals surface area contributed by atoms with Crippen LogP contribution in [0.3, 0.4) is 0 Å². The maximum Gasteiger partial charge on any atom is 0.159 e. The molecule has 4 heterocycles. The van der Waals surface area contributed by atoms with Crippen LogP contribution >= 0.6 is 0 Å². The Balaban J connectivity index is 0.926. The fraction of sp³-hybridized carbons (Fsp3) is 0.0169. The molecular weight excluding hydrogens is 795 g/mol. The molecule has 1 atom stereocenters. The Bertz CT molecular complexity index is 4170. The van der Waals surface area contributed by atoms with Gasteiger partial charge in [-0.15, -0.1) is 0 Å². The van der Waals surface area contributed by atoms with E-state index in [4.69, 9.17) is 14.4 Å². The van der Waals surface area contributed by atoms with Crippen molar-refractivity contribution in [2.45, 2.75) is 6.17 Å². The number of hydrogen-bond donors (Lipinski definition) is 1. The third-order valence-electron chi connectivity index (χ3n) is 13.3. The number of aliphatic imine (C=N–C) groups is 2. The van der Waals surface area contributed by atoms with E-state index in [9.17, 15) is 0 Å². The fourth-order valence-corrected chi connectivity index (χ4v) is 10.3. The van der Waals surface area contributed by atoms with Crippen LogP contribution in [0, 0.1) is 0 Å². The minimum atomic E-state index is -0.347. The van der Waals surface area contributed by atoms with Crippen LogP contribution < -0.4 is 5.32 Å². The summed E-state index contributed by atoms with van der Waals surface area (Å²) in [5.41, 5.74) is 11.4. The lowest BCUT2D eigenvalue weighted by atomic mass is 10.0. The first kappa shape index (κ1) is 35.8. The molecule has 1 unspecified atom stereocenters. The minimum absolute atomic E-state index is 0.347. The normalized spacial score (nSPS) is 14.3. The fourth-order valence-electron chi connectivity index (χ4n) is 10.3. The molecule has 0 saturated carbocycles. The van der Waals surface area contributed by atoms with Gasteiger partial charge < -0.3 is 18.9 Å². The van der Waals surface area contributed by atoms with Gasteiger partial charge in [-0.2, -0.15) is 0 Å². The molecule has 0 bridgehead atoms. The molecule has 6 heteroatoms. The molecule has 3 aromatic heterocycles. The second-order valence-corrected chi connectivity index (χ2v) is 17.0. The van der Waals surface area contributed by atoms with E-state index in [2.05, 4.69) is 227 Å². The number of rotatable bonds is 5. The van der Waals surface area contributed by atoms with E-state index in [1.807, 2.05) is 0 Å². The van der Waals surface area contributed by atoms with E-state index in [0.29, 0.717) is 5.84 Å². The van der Waals surface area contributed by atoms with Gasteiger partial charge in [0.15, 0.2) is 5.84 Å². The van der Waals surface area contributed by atoms with Crippen LogP contribution in [0.25, 0.3) is 98.5 Å². The minimum Gasteiger partial charge on any atom is -0.456 e. The van der Waals surface area contributed by atoms with Crippen molar-refractivity contribution in [3.05, 3.63) is 229 Å². The summed E-state index contributed by atoms with van der Waals surface area (Å²) in [5, 5.41) is 15.4. The van der Waals surface area contributed by atoms with Crippen LogP contribution in [0.15, 0.2) is 227 Å². The number of nitrogens with zero attached hydrogens (tertiary/aromatic N) is 4. The summed E-state index contributed by atoms with van der Waals surface area (Å²) >= 11 is 0. The second-order valence-electron chi connectivity index (χ2n) is 17.0. The Labute approximate surface area is 372 Å². The second kappa shape index (κ2) is 13.9. The standard InChI is InChI=1S/C59H37N5O/c1-2-16-43(17-3-1)63-51-20-10-8-18-45(51)49-30-31-50-46-19-9-11-21-52(46)64(56(50)55(49)63)44-27-29-48-47-28-26-42(34-53(47)65-54(48)35-44)59-61-57(40-24-22-36-12-4-6-14-38(36)32-40)60-58(62-59)41-25-23-37-13-5-7-15-39(37)33-41/h1-35,57H,(H,60,61,62). The molecule has 1 N–H and O–H groups in total. The van der Waals surface area contributed by atoms with Gasteiger partial charge in [-0.1, -0.05) is 146 Å². The molecule has 1 aliphatic rings. The highest BCUT2D eigenvalue weighted by Crippen LogP contribution is 2.42. The van der Waals surface area contributed by atoms with Gasteiger partial charge in [0.2, 0.25) is 0 Å². The summed E-state index contributed by atoms with van der Waals surface area (Å²) in [6.07, 6.45) is -0.347. The third kappa shape index (κ3) is 5.54. The van der Waals surface area contributed by atoms with E-state index >= 15 is 0 Å². The highest BCUT2D eigenvalue weighted by molar-refractivity contribution is 6.24. The first-order valence-corrected chi connectivity index (χ1v) is 22.1. The summed E-state index contributed by atoms with van der Waals surface area (Å²) in [4.78, 5) is 10.4. The molecule has 0 radical (unpaired) electrons. The van der Waals surface area contributed by atoms with Crippen LogP contribution in [0.5, 0.6) is 0 Å². The lowest BCUT2D eigenvalue weighted by Gasteiger charge is -2.24. The van der Waals surface area contributed by atoms with Crippen molar-refractivity contribution in [2.75, 3.05) is 0 Å². The maximum atomic E-state index is 6.86. The van der Waals surface area contributed by atoms with Gasteiger partial charge in [-0.3, -0.25) is 0 Å². The monoisotopic (exact) mass is 831 g/mol. The molecule has 14 rings (SSSR count). The molecule has 0 amide bonds. The van der Waals surface area contributed by atoms with Gasteiger partial charge in [0.05, 0.1) is 27.8 Å². The molecule has 304 valence electrons. The molecule has 0 spiro atoms. The van der Waals surface area contributed by atoms with Crippen molar-refractivity contribution in [1.82, 2.24) is 14.5 Å². The van der Waals surface area contributed by atoms with Crippen molar-refractivity contribution in [3.8, 4) is 11.4 Å². The number of aromatic nitrogens is 2. The van der Waals surface area contributed by atoms with Crippen LogP contribution in [0.4, 0.5) is 0 Å². The molecule has 0 fully saturated rings. The Morgan fingerprint density at radius 1 is 0.400 bits per heavy atom. The third-order valence-corrected chi connectivity index (χ3v) is 13.3. The molecule has 6 nitrogen and oxygen atoms in total.